The average molecular weight is 1430 g/mol. The lowest BCUT2D eigenvalue weighted by atomic mass is 9.98. The van der Waals surface area contributed by atoms with Gasteiger partial charge in [0.25, 0.3) is 0 Å². The molecule has 0 aromatic heterocycles. The minimum absolute atomic E-state index is 0. The van der Waals surface area contributed by atoms with E-state index in [1.807, 2.05) is 99.6 Å². The van der Waals surface area contributed by atoms with Crippen LogP contribution in [0.4, 0.5) is 13.2 Å². The second-order valence-corrected chi connectivity index (χ2v) is 27.9. The van der Waals surface area contributed by atoms with Crippen LogP contribution in [-0.4, -0.2) is 14.2 Å². The lowest BCUT2D eigenvalue weighted by Crippen LogP contribution is -1.87. The minimum atomic E-state index is -0.191. The highest BCUT2D eigenvalue weighted by Gasteiger charge is 2.10. The molecule has 0 unspecified atom stereocenters. The van der Waals surface area contributed by atoms with E-state index >= 15 is 0 Å². The van der Waals surface area contributed by atoms with Gasteiger partial charge in [0.05, 0.1) is 14.2 Å². The van der Waals surface area contributed by atoms with Gasteiger partial charge in [-0.3, -0.25) is 0 Å². The first-order valence-electron chi connectivity index (χ1n) is 36.5. The molecule has 0 aliphatic heterocycles. The van der Waals surface area contributed by atoms with Crippen LogP contribution in [-0.2, 0) is 0 Å². The van der Waals surface area contributed by atoms with Gasteiger partial charge in [-0.2, -0.15) is 0 Å². The van der Waals surface area contributed by atoms with Crippen molar-refractivity contribution in [3.8, 4) is 89.4 Å². The van der Waals surface area contributed by atoms with Crippen LogP contribution in [0, 0.1) is 128 Å². The summed E-state index contributed by atoms with van der Waals surface area (Å²) in [5.74, 6) is 1.26. The van der Waals surface area contributed by atoms with Gasteiger partial charge in [-0.25, -0.2) is 13.2 Å². The Morgan fingerprint density at radius 1 is 0.185 bits per heavy atom. The molecule has 14 rings (SSSR count). The standard InChI is InChI=1S/2C15H16O.2C15H16.3C14H13F.CH4/c1-11-4-9-15(12(2)10-11)13-5-7-14(16-3)8-6-13;1-11-7-8-15(12(2)9-11)13-5-4-6-14(10-13)16-3;1-11-4-7-14(8-5-11)15-9-6-12(2)10-13(15)3;1-11-5-4-6-14(10-11)15-8-7-12(2)9-13(15)3;1-10-3-8-14(11(2)9-10)12-4-6-13(15)7-5-12;1-10-6-7-14(11(2)8-10)12-4-3-5-13(15)9-12;1-10-7-8-12(11(2)9-10)13-5-3-4-6-14(13)15;/h2*4-10H,1-3H3;2*4-10H,1-3H3;3*3-9H,1-2H3;1H4. The van der Waals surface area contributed by atoms with Crippen LogP contribution in [0.2, 0.25) is 0 Å². The molecule has 0 fully saturated rings. The van der Waals surface area contributed by atoms with E-state index < -0.39 is 0 Å². The normalized spacial score (nSPS) is 10.2. The van der Waals surface area contributed by atoms with Crippen molar-refractivity contribution in [3.05, 3.63) is 404 Å². The summed E-state index contributed by atoms with van der Waals surface area (Å²) in [7, 11) is 3.38. The topological polar surface area (TPSA) is 18.5 Å². The molecular weight excluding hydrogens is 1330 g/mol. The highest BCUT2D eigenvalue weighted by atomic mass is 19.1. The van der Waals surface area contributed by atoms with Gasteiger partial charge in [-0.05, 0) is 277 Å². The molecule has 0 saturated heterocycles. The Kier molecular flexibility index (Phi) is 31.7. The van der Waals surface area contributed by atoms with E-state index in [0.29, 0.717) is 5.56 Å². The zero-order valence-corrected chi connectivity index (χ0v) is 65.7. The first kappa shape index (κ1) is 83.7. The lowest BCUT2D eigenvalue weighted by Gasteiger charge is -2.08. The zero-order chi connectivity index (χ0) is 77.3. The van der Waals surface area contributed by atoms with Gasteiger partial charge in [0.2, 0.25) is 0 Å². The molecular formula is C103H107F3O2. The first-order chi connectivity index (χ1) is 51.2. The third kappa shape index (κ3) is 24.8. The van der Waals surface area contributed by atoms with Crippen molar-refractivity contribution in [2.45, 2.75) is 118 Å². The third-order valence-electron chi connectivity index (χ3n) is 18.6. The predicted octanol–water partition coefficient (Wildman–Crippen LogP) is 29.5. The number of hydrogen-bond donors (Lipinski definition) is 0. The third-order valence-corrected chi connectivity index (χ3v) is 18.6. The molecule has 0 saturated carbocycles. The highest BCUT2D eigenvalue weighted by Crippen LogP contribution is 2.32. The average Bonchev–Trinajstić information content (AvgIpc) is 0.885. The fraction of sp³-hybridized carbons (Fsp3) is 0.184. The molecule has 0 atom stereocenters. The zero-order valence-electron chi connectivity index (χ0n) is 65.7. The first-order valence-corrected chi connectivity index (χ1v) is 36.5. The van der Waals surface area contributed by atoms with Crippen molar-refractivity contribution in [2.24, 2.45) is 0 Å². The SMILES string of the molecule is C.COc1ccc(-c2ccc(C)cc2C)cc1.COc1cccc(-c2ccc(C)cc2C)c1.Cc1ccc(-c2ccc(C)cc2C)cc1.Cc1ccc(-c2ccc(F)cc2)c(C)c1.Cc1ccc(-c2cccc(F)c2)c(C)c1.Cc1ccc(-c2ccccc2F)c(C)c1.Cc1cccc(-c2ccc(C)cc2C)c1. The number of hydrogen-bond acceptors (Lipinski definition) is 2. The Hall–Kier alpha value is -11.5. The van der Waals surface area contributed by atoms with Crippen LogP contribution < -0.4 is 9.47 Å². The summed E-state index contributed by atoms with van der Waals surface area (Å²) in [6, 6.07) is 98.7. The second kappa shape index (κ2) is 40.8. The minimum Gasteiger partial charge on any atom is -0.497 e. The van der Waals surface area contributed by atoms with Crippen LogP contribution in [0.15, 0.2) is 297 Å². The fourth-order valence-corrected chi connectivity index (χ4v) is 13.0. The molecule has 108 heavy (non-hydrogen) atoms. The number of rotatable bonds is 9. The van der Waals surface area contributed by atoms with Crippen LogP contribution in [0.1, 0.15) is 96.4 Å². The van der Waals surface area contributed by atoms with Gasteiger partial charge in [0.15, 0.2) is 0 Å². The van der Waals surface area contributed by atoms with Crippen LogP contribution in [0.5, 0.6) is 11.5 Å². The molecule has 14 aromatic rings. The molecule has 0 aliphatic rings. The lowest BCUT2D eigenvalue weighted by molar-refractivity contribution is 0.415. The summed E-state index contributed by atoms with van der Waals surface area (Å²) in [5, 5.41) is 0. The predicted molar refractivity (Wildman–Crippen MR) is 459 cm³/mol. The van der Waals surface area contributed by atoms with E-state index in [1.165, 1.54) is 158 Å². The molecule has 0 radical (unpaired) electrons. The van der Waals surface area contributed by atoms with Crippen LogP contribution >= 0.6 is 0 Å². The number of ether oxygens (including phenoxy) is 2. The Morgan fingerprint density at radius 3 is 0.815 bits per heavy atom. The molecule has 0 aliphatic carbocycles. The fourth-order valence-electron chi connectivity index (χ4n) is 13.0. The van der Waals surface area contributed by atoms with Gasteiger partial charge in [-0.15, -0.1) is 0 Å². The number of halogens is 3. The summed E-state index contributed by atoms with van der Waals surface area (Å²) in [5.41, 5.74) is 36.6. The summed E-state index contributed by atoms with van der Waals surface area (Å²) in [6.07, 6.45) is 0. The van der Waals surface area contributed by atoms with E-state index in [4.69, 9.17) is 9.47 Å². The van der Waals surface area contributed by atoms with E-state index in [2.05, 4.69) is 266 Å². The monoisotopic (exact) mass is 1430 g/mol. The van der Waals surface area contributed by atoms with E-state index in [9.17, 15) is 13.2 Å². The van der Waals surface area contributed by atoms with Crippen molar-refractivity contribution < 1.29 is 22.6 Å². The summed E-state index contributed by atoms with van der Waals surface area (Å²) < 4.78 is 49.8. The van der Waals surface area contributed by atoms with Crippen molar-refractivity contribution >= 4 is 0 Å². The van der Waals surface area contributed by atoms with Crippen molar-refractivity contribution in [1.29, 1.82) is 0 Å². The molecule has 552 valence electrons. The maximum Gasteiger partial charge on any atom is 0.131 e. The van der Waals surface area contributed by atoms with Gasteiger partial charge in [0.1, 0.15) is 29.0 Å². The summed E-state index contributed by atoms with van der Waals surface area (Å²) in [4.78, 5) is 0. The van der Waals surface area contributed by atoms with Crippen LogP contribution in [0.25, 0.3) is 77.9 Å². The molecule has 2 nitrogen and oxygen atoms in total. The molecule has 0 heterocycles. The molecule has 5 heteroatoms. The molecule has 0 N–H and O–H groups in total. The smallest absolute Gasteiger partial charge is 0.131 e. The van der Waals surface area contributed by atoms with Crippen molar-refractivity contribution in [3.63, 3.8) is 0 Å². The van der Waals surface area contributed by atoms with Gasteiger partial charge in [-0.1, -0.05) is 300 Å². The second-order valence-electron chi connectivity index (χ2n) is 27.9. The molecule has 14 aromatic carbocycles. The van der Waals surface area contributed by atoms with E-state index in [1.54, 1.807) is 32.4 Å². The Labute approximate surface area is 644 Å². The van der Waals surface area contributed by atoms with E-state index in [-0.39, 0.29) is 24.9 Å². The largest absolute Gasteiger partial charge is 0.497 e. The molecule has 0 bridgehead atoms. The summed E-state index contributed by atoms with van der Waals surface area (Å²) >= 11 is 0. The Bertz CT molecular complexity index is 5030. The Morgan fingerprint density at radius 2 is 0.472 bits per heavy atom. The van der Waals surface area contributed by atoms with Crippen molar-refractivity contribution in [2.75, 3.05) is 14.2 Å². The van der Waals surface area contributed by atoms with Crippen LogP contribution in [0.3, 0.4) is 0 Å². The number of aryl methyl sites for hydroxylation is 16. The maximum absolute atomic E-state index is 13.6. The van der Waals surface area contributed by atoms with Gasteiger partial charge >= 0.3 is 0 Å². The summed E-state index contributed by atoms with van der Waals surface area (Å²) in [6.45, 7) is 33.7. The molecule has 0 spiro atoms. The number of methoxy groups -OCH3 is 2. The van der Waals surface area contributed by atoms with E-state index in [0.717, 1.165) is 39.3 Å². The highest BCUT2D eigenvalue weighted by molar-refractivity contribution is 5.73. The van der Waals surface area contributed by atoms with Gasteiger partial charge < -0.3 is 9.47 Å². The Balaban J connectivity index is 0.000000175. The maximum atomic E-state index is 13.6. The molecule has 0 amide bonds. The number of benzene rings is 14. The quantitative estimate of drug-likeness (QED) is 0.143. The van der Waals surface area contributed by atoms with Gasteiger partial charge in [0, 0.05) is 5.56 Å². The van der Waals surface area contributed by atoms with Crippen molar-refractivity contribution in [1.82, 2.24) is 0 Å².